The lowest BCUT2D eigenvalue weighted by Gasteiger charge is -2.11. The molecule has 0 radical (unpaired) electrons. The zero-order chi connectivity index (χ0) is 18.8. The summed E-state index contributed by atoms with van der Waals surface area (Å²) in [7, 11) is 0. The maximum atomic E-state index is 12.6. The van der Waals surface area contributed by atoms with Crippen LogP contribution in [-0.4, -0.2) is 29.7 Å². The first-order valence-corrected chi connectivity index (χ1v) is 9.66. The van der Waals surface area contributed by atoms with Crippen LogP contribution in [0.4, 0.5) is 0 Å². The summed E-state index contributed by atoms with van der Waals surface area (Å²) >= 11 is 0. The Hall–Kier alpha value is -2.59. The fourth-order valence-corrected chi connectivity index (χ4v) is 3.87. The summed E-state index contributed by atoms with van der Waals surface area (Å²) in [5.41, 5.74) is 5.63. The highest BCUT2D eigenvalue weighted by Crippen LogP contribution is 2.27. The number of aromatic nitrogens is 1. The number of aryl methyl sites for hydroxylation is 1. The molecule has 1 amide bonds. The van der Waals surface area contributed by atoms with Crippen molar-refractivity contribution in [2.24, 2.45) is 0 Å². The van der Waals surface area contributed by atoms with Gasteiger partial charge in [-0.25, -0.2) is 0 Å². The molecular weight excluding hydrogens is 336 g/mol. The van der Waals surface area contributed by atoms with Gasteiger partial charge in [0, 0.05) is 41.9 Å². The van der Waals surface area contributed by atoms with E-state index in [1.807, 2.05) is 18.2 Å². The van der Waals surface area contributed by atoms with Gasteiger partial charge in [0.1, 0.15) is 0 Å². The Kier molecular flexibility index (Phi) is 4.99. The second kappa shape index (κ2) is 7.57. The van der Waals surface area contributed by atoms with E-state index >= 15 is 0 Å². The minimum Gasteiger partial charge on any atom is -0.376 e. The largest absolute Gasteiger partial charge is 0.376 e. The Balaban J connectivity index is 1.59. The molecule has 4 nitrogen and oxygen atoms in total. The van der Waals surface area contributed by atoms with E-state index in [0.717, 1.165) is 31.4 Å². The SMILES string of the molecule is Cc1c(C)n(Cc2ccccc2)c2ccc(C(=O)NCC3CCCO3)cc12. The standard InChI is InChI=1S/C23H26N2O2/c1-16-17(2)25(15-18-7-4-3-5-8-18)22-11-10-19(13-21(16)22)23(26)24-14-20-9-6-12-27-20/h3-5,7-8,10-11,13,20H,6,9,12,14-15H2,1-2H3,(H,24,26). The second-order valence-electron chi connectivity index (χ2n) is 7.36. The third-order valence-electron chi connectivity index (χ3n) is 5.60. The normalized spacial score (nSPS) is 16.7. The molecule has 27 heavy (non-hydrogen) atoms. The van der Waals surface area contributed by atoms with Crippen molar-refractivity contribution in [2.45, 2.75) is 39.3 Å². The van der Waals surface area contributed by atoms with E-state index in [0.29, 0.717) is 12.1 Å². The third-order valence-corrected chi connectivity index (χ3v) is 5.60. The molecule has 0 spiro atoms. The average molecular weight is 362 g/mol. The van der Waals surface area contributed by atoms with Crippen LogP contribution in [-0.2, 0) is 11.3 Å². The van der Waals surface area contributed by atoms with Crippen molar-refractivity contribution in [1.29, 1.82) is 0 Å². The molecule has 1 aliphatic rings. The molecule has 3 aromatic rings. The number of ether oxygens (including phenoxy) is 1. The van der Waals surface area contributed by atoms with Gasteiger partial charge in [-0.3, -0.25) is 4.79 Å². The van der Waals surface area contributed by atoms with Crippen LogP contribution in [0.1, 0.15) is 40.0 Å². The van der Waals surface area contributed by atoms with Gasteiger partial charge in [-0.15, -0.1) is 0 Å². The zero-order valence-electron chi connectivity index (χ0n) is 16.0. The van der Waals surface area contributed by atoms with Crippen molar-refractivity contribution in [2.75, 3.05) is 13.2 Å². The summed E-state index contributed by atoms with van der Waals surface area (Å²) in [4.78, 5) is 12.6. The Morgan fingerprint density at radius 1 is 1.19 bits per heavy atom. The van der Waals surface area contributed by atoms with Crippen LogP contribution in [0.25, 0.3) is 10.9 Å². The number of carbonyl (C=O) groups excluding carboxylic acids is 1. The fraction of sp³-hybridized carbons (Fsp3) is 0.348. The van der Waals surface area contributed by atoms with Gasteiger partial charge in [-0.2, -0.15) is 0 Å². The lowest BCUT2D eigenvalue weighted by atomic mass is 10.1. The highest BCUT2D eigenvalue weighted by atomic mass is 16.5. The van der Waals surface area contributed by atoms with Crippen molar-refractivity contribution in [1.82, 2.24) is 9.88 Å². The lowest BCUT2D eigenvalue weighted by Crippen LogP contribution is -2.31. The molecular formula is C23H26N2O2. The predicted molar refractivity (Wildman–Crippen MR) is 108 cm³/mol. The van der Waals surface area contributed by atoms with E-state index in [1.165, 1.54) is 22.3 Å². The molecule has 2 aromatic carbocycles. The van der Waals surface area contributed by atoms with E-state index < -0.39 is 0 Å². The smallest absolute Gasteiger partial charge is 0.251 e. The summed E-state index contributed by atoms with van der Waals surface area (Å²) in [5, 5.41) is 4.16. The number of rotatable bonds is 5. The van der Waals surface area contributed by atoms with Crippen LogP contribution in [0, 0.1) is 13.8 Å². The van der Waals surface area contributed by atoms with Crippen molar-refractivity contribution in [3.05, 3.63) is 70.9 Å². The number of benzene rings is 2. The first kappa shape index (κ1) is 17.8. The highest BCUT2D eigenvalue weighted by molar-refractivity contribution is 5.99. The van der Waals surface area contributed by atoms with Gasteiger partial charge in [-0.05, 0) is 56.0 Å². The van der Waals surface area contributed by atoms with Crippen LogP contribution in [0.5, 0.6) is 0 Å². The quantitative estimate of drug-likeness (QED) is 0.739. The van der Waals surface area contributed by atoms with Crippen molar-refractivity contribution < 1.29 is 9.53 Å². The molecule has 1 aliphatic heterocycles. The topological polar surface area (TPSA) is 43.3 Å². The molecule has 1 unspecified atom stereocenters. The minimum atomic E-state index is -0.0275. The number of carbonyl (C=O) groups is 1. The average Bonchev–Trinajstić information content (AvgIpc) is 3.30. The Labute approximate surface area is 160 Å². The molecule has 0 aliphatic carbocycles. The fourth-order valence-electron chi connectivity index (χ4n) is 3.87. The first-order chi connectivity index (χ1) is 13.1. The number of hydrogen-bond acceptors (Lipinski definition) is 2. The summed E-state index contributed by atoms with van der Waals surface area (Å²) in [6, 6.07) is 16.5. The number of fused-ring (bicyclic) bond motifs is 1. The molecule has 1 saturated heterocycles. The number of nitrogens with one attached hydrogen (secondary N) is 1. The number of hydrogen-bond donors (Lipinski definition) is 1. The molecule has 0 saturated carbocycles. The molecule has 1 N–H and O–H groups in total. The molecule has 2 heterocycles. The monoisotopic (exact) mass is 362 g/mol. The Morgan fingerprint density at radius 2 is 2.00 bits per heavy atom. The van der Waals surface area contributed by atoms with E-state index in [2.05, 4.69) is 54.1 Å². The second-order valence-corrected chi connectivity index (χ2v) is 7.36. The van der Waals surface area contributed by atoms with Crippen LogP contribution in [0.15, 0.2) is 48.5 Å². The van der Waals surface area contributed by atoms with Gasteiger partial charge in [0.25, 0.3) is 5.91 Å². The predicted octanol–water partition coefficient (Wildman–Crippen LogP) is 4.22. The molecule has 0 bridgehead atoms. The van der Waals surface area contributed by atoms with Crippen molar-refractivity contribution >= 4 is 16.8 Å². The maximum absolute atomic E-state index is 12.6. The zero-order valence-corrected chi connectivity index (χ0v) is 16.0. The van der Waals surface area contributed by atoms with Crippen LogP contribution in [0.3, 0.4) is 0 Å². The van der Waals surface area contributed by atoms with Gasteiger partial charge in [-0.1, -0.05) is 30.3 Å². The van der Waals surface area contributed by atoms with Gasteiger partial charge in [0.2, 0.25) is 0 Å². The van der Waals surface area contributed by atoms with Gasteiger partial charge in [0.15, 0.2) is 0 Å². The summed E-state index contributed by atoms with van der Waals surface area (Å²) in [5.74, 6) is -0.0275. The molecule has 4 heteroatoms. The molecule has 1 fully saturated rings. The number of amides is 1. The molecule has 1 aromatic heterocycles. The summed E-state index contributed by atoms with van der Waals surface area (Å²) in [6.45, 7) is 6.51. The highest BCUT2D eigenvalue weighted by Gasteiger charge is 2.18. The van der Waals surface area contributed by atoms with Gasteiger partial charge < -0.3 is 14.6 Å². The van der Waals surface area contributed by atoms with Gasteiger partial charge in [0.05, 0.1) is 6.10 Å². The molecule has 1 atom stereocenters. The minimum absolute atomic E-state index is 0.0275. The molecule has 140 valence electrons. The van der Waals surface area contributed by atoms with Crippen LogP contribution in [0.2, 0.25) is 0 Å². The van der Waals surface area contributed by atoms with Crippen molar-refractivity contribution in [3.8, 4) is 0 Å². The van der Waals surface area contributed by atoms with E-state index in [1.54, 1.807) is 0 Å². The summed E-state index contributed by atoms with van der Waals surface area (Å²) < 4.78 is 7.91. The van der Waals surface area contributed by atoms with E-state index in [-0.39, 0.29) is 12.0 Å². The Bertz CT molecular complexity index is 953. The van der Waals surface area contributed by atoms with Gasteiger partial charge >= 0.3 is 0 Å². The Morgan fingerprint density at radius 3 is 2.74 bits per heavy atom. The van der Waals surface area contributed by atoms with Crippen LogP contribution >= 0.6 is 0 Å². The maximum Gasteiger partial charge on any atom is 0.251 e. The van der Waals surface area contributed by atoms with E-state index in [9.17, 15) is 4.79 Å². The van der Waals surface area contributed by atoms with Crippen LogP contribution < -0.4 is 5.32 Å². The summed E-state index contributed by atoms with van der Waals surface area (Å²) in [6.07, 6.45) is 2.27. The molecule has 4 rings (SSSR count). The first-order valence-electron chi connectivity index (χ1n) is 9.66. The van der Waals surface area contributed by atoms with E-state index in [4.69, 9.17) is 4.74 Å². The lowest BCUT2D eigenvalue weighted by molar-refractivity contribution is 0.0858. The third kappa shape index (κ3) is 3.62. The number of nitrogens with zero attached hydrogens (tertiary/aromatic N) is 1. The van der Waals surface area contributed by atoms with Crippen molar-refractivity contribution in [3.63, 3.8) is 0 Å².